The summed E-state index contributed by atoms with van der Waals surface area (Å²) in [4.78, 5) is 0. The van der Waals surface area contributed by atoms with Crippen LogP contribution in [0.15, 0.2) is 0 Å². The molecule has 0 saturated carbocycles. The molecule has 1 saturated heterocycles. The van der Waals surface area contributed by atoms with Crippen LogP contribution < -0.4 is 0 Å². The van der Waals surface area contributed by atoms with E-state index in [2.05, 4.69) is 66.6 Å². The first-order valence-corrected chi connectivity index (χ1v) is 20.4. The third-order valence-electron chi connectivity index (χ3n) is 5.97. The topological polar surface area (TPSA) is 40.2 Å². The molecular formula is C20H46O4Si3. The van der Waals surface area contributed by atoms with Gasteiger partial charge in [-0.25, -0.2) is 0 Å². The molecule has 27 heavy (non-hydrogen) atoms. The second kappa shape index (κ2) is 10.00. The van der Waals surface area contributed by atoms with E-state index in [-0.39, 0.29) is 5.22 Å². The van der Waals surface area contributed by atoms with Crippen molar-refractivity contribution in [3.63, 3.8) is 0 Å². The first kappa shape index (κ1) is 25.5. The van der Waals surface area contributed by atoms with E-state index in [1.807, 2.05) is 0 Å². The lowest BCUT2D eigenvalue weighted by molar-refractivity contribution is 0.107. The van der Waals surface area contributed by atoms with Crippen molar-refractivity contribution in [2.45, 2.75) is 109 Å². The van der Waals surface area contributed by atoms with Crippen molar-refractivity contribution in [2.24, 2.45) is 0 Å². The van der Waals surface area contributed by atoms with Crippen LogP contribution in [0.5, 0.6) is 0 Å². The molecule has 3 atom stereocenters. The van der Waals surface area contributed by atoms with Gasteiger partial charge in [-0.1, -0.05) is 33.0 Å². The van der Waals surface area contributed by atoms with Crippen LogP contribution in [0.4, 0.5) is 0 Å². The summed E-state index contributed by atoms with van der Waals surface area (Å²) >= 11 is 0. The molecule has 4 nitrogen and oxygen atoms in total. The van der Waals surface area contributed by atoms with Crippen LogP contribution in [0, 0.1) is 0 Å². The van der Waals surface area contributed by atoms with Gasteiger partial charge in [0, 0.05) is 12.3 Å². The highest BCUT2D eigenvalue weighted by atomic mass is 28.4. The predicted octanol–water partition coefficient (Wildman–Crippen LogP) is 5.60. The zero-order valence-corrected chi connectivity index (χ0v) is 22.7. The molecule has 3 unspecified atom stereocenters. The van der Waals surface area contributed by atoms with Gasteiger partial charge in [0.15, 0.2) is 8.32 Å². The summed E-state index contributed by atoms with van der Waals surface area (Å²) in [5.74, 6) is 0. The average Bonchev–Trinajstić information content (AvgIpc) is 3.34. The molecule has 0 aliphatic carbocycles. The maximum absolute atomic E-state index is 7.00. The van der Waals surface area contributed by atoms with Gasteiger partial charge in [0.1, 0.15) is 6.10 Å². The summed E-state index contributed by atoms with van der Waals surface area (Å²) in [6, 6.07) is 1.25. The Bertz CT molecular complexity index is 447. The maximum atomic E-state index is 7.00. The van der Waals surface area contributed by atoms with Crippen LogP contribution in [-0.4, -0.2) is 61.6 Å². The van der Waals surface area contributed by atoms with E-state index in [9.17, 15) is 0 Å². The third-order valence-corrected chi connectivity index (χ3v) is 15.3. The summed E-state index contributed by atoms with van der Waals surface area (Å²) < 4.78 is 24.6. The Morgan fingerprint density at radius 3 is 2.11 bits per heavy atom. The minimum absolute atomic E-state index is 0.122. The van der Waals surface area contributed by atoms with Crippen LogP contribution in [0.2, 0.25) is 51.9 Å². The predicted molar refractivity (Wildman–Crippen MR) is 123 cm³/mol. The van der Waals surface area contributed by atoms with Crippen LogP contribution in [-0.2, 0) is 18.3 Å². The monoisotopic (exact) mass is 434 g/mol. The Morgan fingerprint density at radius 2 is 1.67 bits per heavy atom. The lowest BCUT2D eigenvalue weighted by Gasteiger charge is -2.48. The van der Waals surface area contributed by atoms with Gasteiger partial charge < -0.3 is 18.3 Å². The fourth-order valence-electron chi connectivity index (χ4n) is 3.74. The van der Waals surface area contributed by atoms with Gasteiger partial charge in [-0.05, 0) is 58.9 Å². The lowest BCUT2D eigenvalue weighted by Crippen LogP contribution is -2.63. The normalized spacial score (nSPS) is 21.8. The molecule has 0 radical (unpaired) electrons. The second-order valence-electron chi connectivity index (χ2n) is 10.4. The highest BCUT2D eigenvalue weighted by molar-refractivity contribution is 6.81. The van der Waals surface area contributed by atoms with E-state index >= 15 is 0 Å². The molecule has 0 aromatic heterocycles. The molecule has 0 amide bonds. The summed E-state index contributed by atoms with van der Waals surface area (Å²) in [5, 5.41) is -0.122. The summed E-state index contributed by atoms with van der Waals surface area (Å²) in [6.07, 6.45) is 3.61. The molecule has 1 heterocycles. The van der Waals surface area contributed by atoms with E-state index in [1.165, 1.54) is 6.04 Å². The first-order chi connectivity index (χ1) is 12.3. The minimum atomic E-state index is -2.02. The molecule has 7 heteroatoms. The molecule has 0 spiro atoms. The first-order valence-electron chi connectivity index (χ1n) is 10.8. The highest BCUT2D eigenvalue weighted by Gasteiger charge is 2.49. The lowest BCUT2D eigenvalue weighted by atomic mass is 10.3. The van der Waals surface area contributed by atoms with Crippen molar-refractivity contribution < 1.29 is 18.3 Å². The van der Waals surface area contributed by atoms with E-state index in [0.717, 1.165) is 39.1 Å². The van der Waals surface area contributed by atoms with Crippen LogP contribution in [0.25, 0.3) is 0 Å². The Morgan fingerprint density at radius 1 is 1.07 bits per heavy atom. The summed E-state index contributed by atoms with van der Waals surface area (Å²) in [5.41, 5.74) is 0.391. The SMILES string of the molecule is CCC(O[Si](C)(C)C(C)(CC)O[Si](C)(C)C)[Si](C)(C)CCCOCC1CO1. The average molecular weight is 435 g/mol. The third kappa shape index (κ3) is 8.40. The van der Waals surface area contributed by atoms with Crippen molar-refractivity contribution in [3.8, 4) is 0 Å². The van der Waals surface area contributed by atoms with Gasteiger partial charge in [0.2, 0.25) is 8.32 Å². The molecule has 1 fully saturated rings. The van der Waals surface area contributed by atoms with E-state index in [0.29, 0.717) is 11.8 Å². The van der Waals surface area contributed by atoms with Crippen LogP contribution in [0.3, 0.4) is 0 Å². The smallest absolute Gasteiger partial charge is 0.216 e. The Balaban J connectivity index is 2.67. The molecule has 1 aliphatic heterocycles. The van der Waals surface area contributed by atoms with E-state index in [1.54, 1.807) is 0 Å². The molecule has 0 N–H and O–H groups in total. The Hall–Kier alpha value is 0.491. The Kier molecular flexibility index (Phi) is 9.45. The molecule has 0 aromatic carbocycles. The summed E-state index contributed by atoms with van der Waals surface area (Å²) in [7, 11) is -5.15. The fourth-order valence-corrected chi connectivity index (χ4v) is 13.8. The molecule has 1 aliphatic rings. The maximum Gasteiger partial charge on any atom is 0.216 e. The number of hydrogen-bond donors (Lipinski definition) is 0. The van der Waals surface area contributed by atoms with Crippen LogP contribution in [0.1, 0.15) is 40.0 Å². The molecule has 0 aromatic rings. The molecular weight excluding hydrogens is 388 g/mol. The molecule has 1 rings (SSSR count). The number of rotatable bonds is 14. The zero-order valence-electron chi connectivity index (χ0n) is 19.7. The largest absolute Gasteiger partial charge is 0.415 e. The van der Waals surface area contributed by atoms with Gasteiger partial charge in [0.25, 0.3) is 0 Å². The van der Waals surface area contributed by atoms with Gasteiger partial charge in [-0.2, -0.15) is 0 Å². The number of ether oxygens (including phenoxy) is 2. The quantitative estimate of drug-likeness (QED) is 0.203. The standard InChI is InChI=1S/C20H46O4Si3/c1-11-19(26(7,8)15-13-14-21-16-18-17-22-18)23-27(9,10)20(3,12-2)24-25(4,5)6/h18-19H,11-17H2,1-10H3. The number of hydrogen-bond acceptors (Lipinski definition) is 4. The Labute approximate surface area is 172 Å². The van der Waals surface area contributed by atoms with Crippen LogP contribution >= 0.6 is 0 Å². The van der Waals surface area contributed by atoms with Crippen molar-refractivity contribution in [3.05, 3.63) is 0 Å². The zero-order chi connectivity index (χ0) is 20.9. The van der Waals surface area contributed by atoms with Crippen molar-refractivity contribution >= 4 is 24.7 Å². The van der Waals surface area contributed by atoms with Crippen molar-refractivity contribution in [1.82, 2.24) is 0 Å². The van der Waals surface area contributed by atoms with Gasteiger partial charge in [-0.15, -0.1) is 0 Å². The van der Waals surface area contributed by atoms with Gasteiger partial charge in [-0.3, -0.25) is 0 Å². The van der Waals surface area contributed by atoms with E-state index < -0.39 is 24.7 Å². The fraction of sp³-hybridized carbons (Fsp3) is 1.00. The second-order valence-corrected chi connectivity index (χ2v) is 24.3. The minimum Gasteiger partial charge on any atom is -0.415 e. The molecule has 162 valence electrons. The molecule has 0 bridgehead atoms. The van der Waals surface area contributed by atoms with Gasteiger partial charge in [0.05, 0.1) is 26.5 Å². The number of epoxide rings is 1. The van der Waals surface area contributed by atoms with Crippen molar-refractivity contribution in [2.75, 3.05) is 19.8 Å². The van der Waals surface area contributed by atoms with E-state index in [4.69, 9.17) is 18.3 Å². The summed E-state index contributed by atoms with van der Waals surface area (Å²) in [6.45, 7) is 25.9. The van der Waals surface area contributed by atoms with Crippen molar-refractivity contribution in [1.29, 1.82) is 0 Å². The van der Waals surface area contributed by atoms with Gasteiger partial charge >= 0.3 is 0 Å². The highest BCUT2D eigenvalue weighted by Crippen LogP contribution is 2.35.